The first-order valence-corrected chi connectivity index (χ1v) is 7.32. The summed E-state index contributed by atoms with van der Waals surface area (Å²) < 4.78 is 40.9. The number of nitrogens with one attached hydrogen (secondary N) is 1. The van der Waals surface area contributed by atoms with Crippen molar-refractivity contribution in [3.8, 4) is 0 Å². The Morgan fingerprint density at radius 2 is 1.67 bits per heavy atom. The number of carbonyl (C=O) groups is 1. The van der Waals surface area contributed by atoms with Crippen molar-refractivity contribution in [2.24, 2.45) is 7.05 Å². The van der Waals surface area contributed by atoms with Gasteiger partial charge in [-0.2, -0.15) is 13.2 Å². The van der Waals surface area contributed by atoms with Gasteiger partial charge in [-0.25, -0.2) is 0 Å². The molecule has 0 spiro atoms. The lowest BCUT2D eigenvalue weighted by atomic mass is 10.1. The molecule has 6 heteroatoms. The molecule has 3 nitrogen and oxygen atoms in total. The second-order valence-corrected chi connectivity index (χ2v) is 5.55. The number of alkyl halides is 3. The molecule has 1 heterocycles. The average Bonchev–Trinajstić information content (AvgIpc) is 2.79. The lowest BCUT2D eigenvalue weighted by Gasteiger charge is -2.14. The summed E-state index contributed by atoms with van der Waals surface area (Å²) in [7, 11) is 1.72. The lowest BCUT2D eigenvalue weighted by molar-refractivity contribution is -0.136. The molecule has 3 rings (SSSR count). The van der Waals surface area contributed by atoms with Gasteiger partial charge < -0.3 is 9.88 Å². The van der Waals surface area contributed by atoms with Gasteiger partial charge in [-0.3, -0.25) is 4.79 Å². The van der Waals surface area contributed by atoms with Crippen LogP contribution in [0, 0.1) is 6.92 Å². The van der Waals surface area contributed by atoms with Crippen LogP contribution in [0.3, 0.4) is 0 Å². The minimum absolute atomic E-state index is 0.250. The Morgan fingerprint density at radius 3 is 2.33 bits per heavy atom. The highest BCUT2D eigenvalue weighted by molar-refractivity contribution is 6.08. The van der Waals surface area contributed by atoms with Crippen molar-refractivity contribution >= 4 is 22.5 Å². The smallest absolute Gasteiger partial charge is 0.339 e. The third-order valence-electron chi connectivity index (χ3n) is 4.06. The number of halogens is 3. The van der Waals surface area contributed by atoms with Gasteiger partial charge in [0.25, 0.3) is 5.91 Å². The molecule has 1 aromatic heterocycles. The number of amides is 1. The fourth-order valence-corrected chi connectivity index (χ4v) is 2.93. The molecule has 0 saturated heterocycles. The second-order valence-electron chi connectivity index (χ2n) is 5.55. The topological polar surface area (TPSA) is 34.0 Å². The van der Waals surface area contributed by atoms with E-state index < -0.39 is 17.6 Å². The number of hydrogen-bond acceptors (Lipinski definition) is 1. The SMILES string of the molecule is Cc1c(C(=O)Nc2ccccc2C(F)(F)F)n(C)c2ccccc12. The van der Waals surface area contributed by atoms with E-state index in [0.29, 0.717) is 5.69 Å². The Kier molecular flexibility index (Phi) is 3.83. The van der Waals surface area contributed by atoms with Crippen LogP contribution in [0.2, 0.25) is 0 Å². The van der Waals surface area contributed by atoms with Crippen LogP contribution in [0.15, 0.2) is 48.5 Å². The van der Waals surface area contributed by atoms with E-state index in [1.165, 1.54) is 18.2 Å². The first kappa shape index (κ1) is 16.1. The van der Waals surface area contributed by atoms with Crippen LogP contribution in [0.25, 0.3) is 10.9 Å². The Morgan fingerprint density at radius 1 is 1.04 bits per heavy atom. The Hall–Kier alpha value is -2.76. The lowest BCUT2D eigenvalue weighted by Crippen LogP contribution is -2.19. The van der Waals surface area contributed by atoms with Gasteiger partial charge in [-0.05, 0) is 30.7 Å². The minimum Gasteiger partial charge on any atom is -0.339 e. The van der Waals surface area contributed by atoms with Gasteiger partial charge in [0, 0.05) is 18.0 Å². The third kappa shape index (κ3) is 2.64. The quantitative estimate of drug-likeness (QED) is 0.721. The minimum atomic E-state index is -4.53. The summed E-state index contributed by atoms with van der Waals surface area (Å²) >= 11 is 0. The van der Waals surface area contributed by atoms with E-state index in [1.807, 2.05) is 24.3 Å². The van der Waals surface area contributed by atoms with Gasteiger partial charge in [0.15, 0.2) is 0 Å². The molecule has 0 aliphatic carbocycles. The fourth-order valence-electron chi connectivity index (χ4n) is 2.93. The standard InChI is InChI=1S/C18H15F3N2O/c1-11-12-7-3-6-10-15(12)23(2)16(11)17(24)22-14-9-5-4-8-13(14)18(19,20)21/h3-10H,1-2H3,(H,22,24). The number of carbonyl (C=O) groups excluding carboxylic acids is 1. The highest BCUT2D eigenvalue weighted by Gasteiger charge is 2.34. The zero-order valence-electron chi connectivity index (χ0n) is 13.1. The predicted molar refractivity (Wildman–Crippen MR) is 87.1 cm³/mol. The molecule has 0 bridgehead atoms. The van der Waals surface area contributed by atoms with Gasteiger partial charge in [0.2, 0.25) is 0 Å². The summed E-state index contributed by atoms with van der Waals surface area (Å²) in [5.74, 6) is -0.567. The molecule has 0 aliphatic heterocycles. The maximum absolute atomic E-state index is 13.1. The van der Waals surface area contributed by atoms with Crippen LogP contribution in [0.5, 0.6) is 0 Å². The summed E-state index contributed by atoms with van der Waals surface area (Å²) in [6.45, 7) is 1.78. The van der Waals surface area contributed by atoms with Crippen molar-refractivity contribution in [1.29, 1.82) is 0 Å². The summed E-state index contributed by atoms with van der Waals surface area (Å²) in [6, 6.07) is 12.4. The zero-order valence-corrected chi connectivity index (χ0v) is 13.1. The molecule has 1 amide bonds. The van der Waals surface area contributed by atoms with Crippen LogP contribution in [0.1, 0.15) is 21.6 Å². The molecule has 0 saturated carbocycles. The molecule has 3 aromatic rings. The number of rotatable bonds is 2. The highest BCUT2D eigenvalue weighted by Crippen LogP contribution is 2.35. The van der Waals surface area contributed by atoms with Gasteiger partial charge in [0.05, 0.1) is 11.3 Å². The van der Waals surface area contributed by atoms with Crippen LogP contribution < -0.4 is 5.32 Å². The predicted octanol–water partition coefficient (Wildman–Crippen LogP) is 4.76. The molecule has 0 fully saturated rings. The van der Waals surface area contributed by atoms with E-state index in [1.54, 1.807) is 18.5 Å². The second kappa shape index (κ2) is 5.70. The van der Waals surface area contributed by atoms with Crippen LogP contribution in [-0.2, 0) is 13.2 Å². The largest absolute Gasteiger partial charge is 0.418 e. The molecule has 2 aromatic carbocycles. The normalized spacial score (nSPS) is 11.7. The highest BCUT2D eigenvalue weighted by atomic mass is 19.4. The van der Waals surface area contributed by atoms with Crippen molar-refractivity contribution < 1.29 is 18.0 Å². The number of benzene rings is 2. The molecular weight excluding hydrogens is 317 g/mol. The van der Waals surface area contributed by atoms with E-state index >= 15 is 0 Å². The molecule has 0 radical (unpaired) electrons. The molecule has 0 aliphatic rings. The fraction of sp³-hybridized carbons (Fsp3) is 0.167. The van der Waals surface area contributed by atoms with Gasteiger partial charge >= 0.3 is 6.18 Å². The Labute approximate surface area is 136 Å². The Balaban J connectivity index is 2.04. The molecular formula is C18H15F3N2O. The van der Waals surface area contributed by atoms with Gasteiger partial charge in [-0.15, -0.1) is 0 Å². The van der Waals surface area contributed by atoms with Crippen molar-refractivity contribution in [3.63, 3.8) is 0 Å². The van der Waals surface area contributed by atoms with Crippen LogP contribution >= 0.6 is 0 Å². The summed E-state index contributed by atoms with van der Waals surface area (Å²) in [6.07, 6.45) is -4.53. The first-order chi connectivity index (χ1) is 11.3. The maximum atomic E-state index is 13.1. The summed E-state index contributed by atoms with van der Waals surface area (Å²) in [5, 5.41) is 3.29. The summed E-state index contributed by atoms with van der Waals surface area (Å²) in [5.41, 5.74) is 0.807. The van der Waals surface area contributed by atoms with E-state index in [0.717, 1.165) is 22.5 Å². The van der Waals surface area contributed by atoms with Crippen molar-refractivity contribution in [1.82, 2.24) is 4.57 Å². The first-order valence-electron chi connectivity index (χ1n) is 7.32. The molecule has 0 unspecified atom stereocenters. The molecule has 1 N–H and O–H groups in total. The van der Waals surface area contributed by atoms with Gasteiger partial charge in [0.1, 0.15) is 5.69 Å². The van der Waals surface area contributed by atoms with Crippen LogP contribution in [-0.4, -0.2) is 10.5 Å². The Bertz CT molecular complexity index is 887. The number of aryl methyl sites for hydroxylation is 2. The molecule has 0 atom stereocenters. The molecule has 124 valence electrons. The van der Waals surface area contributed by atoms with E-state index in [-0.39, 0.29) is 5.69 Å². The monoisotopic (exact) mass is 332 g/mol. The number of anilines is 1. The average molecular weight is 332 g/mol. The summed E-state index contributed by atoms with van der Waals surface area (Å²) in [4.78, 5) is 12.6. The number of nitrogens with zero attached hydrogens (tertiary/aromatic N) is 1. The van der Waals surface area contributed by atoms with E-state index in [2.05, 4.69) is 5.32 Å². The maximum Gasteiger partial charge on any atom is 0.418 e. The zero-order chi connectivity index (χ0) is 17.5. The number of aromatic nitrogens is 1. The number of para-hydroxylation sites is 2. The number of hydrogen-bond donors (Lipinski definition) is 1. The van der Waals surface area contributed by atoms with Gasteiger partial charge in [-0.1, -0.05) is 30.3 Å². The third-order valence-corrected chi connectivity index (χ3v) is 4.06. The number of fused-ring (bicyclic) bond motifs is 1. The van der Waals surface area contributed by atoms with E-state index in [4.69, 9.17) is 0 Å². The van der Waals surface area contributed by atoms with Crippen molar-refractivity contribution in [2.45, 2.75) is 13.1 Å². The van der Waals surface area contributed by atoms with Crippen LogP contribution in [0.4, 0.5) is 18.9 Å². The van der Waals surface area contributed by atoms with E-state index in [9.17, 15) is 18.0 Å². The molecule has 24 heavy (non-hydrogen) atoms. The van der Waals surface area contributed by atoms with Crippen molar-refractivity contribution in [3.05, 3.63) is 65.4 Å². The van der Waals surface area contributed by atoms with Crippen molar-refractivity contribution in [2.75, 3.05) is 5.32 Å².